The van der Waals surface area contributed by atoms with Crippen molar-refractivity contribution in [2.24, 2.45) is 0 Å². The molecule has 28 heavy (non-hydrogen) atoms. The second kappa shape index (κ2) is 9.10. The molecule has 0 spiro atoms. The number of hydrogen-bond acceptors (Lipinski definition) is 4. The molecule has 3 aromatic rings. The summed E-state index contributed by atoms with van der Waals surface area (Å²) in [6, 6.07) is 18.0. The van der Waals surface area contributed by atoms with Gasteiger partial charge in [-0.3, -0.25) is 9.78 Å². The van der Waals surface area contributed by atoms with Crippen molar-refractivity contribution in [3.63, 3.8) is 0 Å². The first kappa shape index (κ1) is 18.8. The fourth-order valence-electron chi connectivity index (χ4n) is 2.41. The maximum Gasteiger partial charge on any atom is 0.266 e. The minimum atomic E-state index is -0.587. The number of aromatic nitrogens is 1. The number of pyridine rings is 1. The van der Waals surface area contributed by atoms with Gasteiger partial charge in [-0.1, -0.05) is 24.3 Å². The van der Waals surface area contributed by atoms with Crippen molar-refractivity contribution in [1.29, 1.82) is 5.26 Å². The standard InChI is InChI=1S/C22H16FN3O2/c23-19-7-9-20(10-8-19)26-22(27)18(13-24)12-17-5-1-2-6-21(17)28-15-16-4-3-11-25-14-16/h1-12,14H,15H2,(H,26,27)/b18-12+. The number of nitrogens with one attached hydrogen (secondary N) is 1. The summed E-state index contributed by atoms with van der Waals surface area (Å²) in [5.74, 6) is -0.460. The average molecular weight is 373 g/mol. The lowest BCUT2D eigenvalue weighted by Gasteiger charge is -2.10. The van der Waals surface area contributed by atoms with E-state index >= 15 is 0 Å². The van der Waals surface area contributed by atoms with Gasteiger partial charge in [0.1, 0.15) is 29.8 Å². The van der Waals surface area contributed by atoms with E-state index in [1.54, 1.807) is 36.7 Å². The van der Waals surface area contributed by atoms with E-state index in [0.29, 0.717) is 23.6 Å². The molecule has 1 N–H and O–H groups in total. The van der Waals surface area contributed by atoms with E-state index in [1.165, 1.54) is 30.3 Å². The smallest absolute Gasteiger partial charge is 0.266 e. The molecule has 6 heteroatoms. The molecule has 0 unspecified atom stereocenters. The Balaban J connectivity index is 1.77. The minimum Gasteiger partial charge on any atom is -0.488 e. The number of nitriles is 1. The number of ether oxygens (including phenoxy) is 1. The van der Waals surface area contributed by atoms with Crippen LogP contribution in [0.4, 0.5) is 10.1 Å². The first-order chi connectivity index (χ1) is 13.7. The van der Waals surface area contributed by atoms with Crippen LogP contribution in [0.25, 0.3) is 6.08 Å². The highest BCUT2D eigenvalue weighted by Gasteiger charge is 2.11. The molecule has 0 atom stereocenters. The Morgan fingerprint density at radius 1 is 1.14 bits per heavy atom. The molecule has 5 nitrogen and oxygen atoms in total. The molecule has 0 saturated carbocycles. The lowest BCUT2D eigenvalue weighted by atomic mass is 10.1. The molecule has 138 valence electrons. The van der Waals surface area contributed by atoms with Gasteiger partial charge in [0.2, 0.25) is 0 Å². The van der Waals surface area contributed by atoms with Crippen molar-refractivity contribution < 1.29 is 13.9 Å². The molecule has 1 heterocycles. The van der Waals surface area contributed by atoms with Gasteiger partial charge in [0.15, 0.2) is 0 Å². The van der Waals surface area contributed by atoms with E-state index in [1.807, 2.05) is 18.2 Å². The lowest BCUT2D eigenvalue weighted by molar-refractivity contribution is -0.112. The van der Waals surface area contributed by atoms with E-state index in [9.17, 15) is 14.4 Å². The SMILES string of the molecule is N#C/C(=C\c1ccccc1OCc1cccnc1)C(=O)Nc1ccc(F)cc1. The topological polar surface area (TPSA) is 75.0 Å². The predicted octanol–water partition coefficient (Wildman–Crippen LogP) is 4.35. The molecular formula is C22H16FN3O2. The van der Waals surface area contributed by atoms with Crippen LogP contribution in [0.1, 0.15) is 11.1 Å². The van der Waals surface area contributed by atoms with Crippen LogP contribution in [0.5, 0.6) is 5.75 Å². The molecule has 0 aliphatic rings. The number of nitrogens with zero attached hydrogens (tertiary/aromatic N) is 2. The zero-order chi connectivity index (χ0) is 19.8. The summed E-state index contributed by atoms with van der Waals surface area (Å²) in [5, 5.41) is 12.0. The van der Waals surface area contributed by atoms with Crippen LogP contribution < -0.4 is 10.1 Å². The van der Waals surface area contributed by atoms with Gasteiger partial charge in [-0.25, -0.2) is 4.39 Å². The van der Waals surface area contributed by atoms with Crippen LogP contribution in [0.15, 0.2) is 78.6 Å². The maximum absolute atomic E-state index is 13.0. The van der Waals surface area contributed by atoms with Gasteiger partial charge >= 0.3 is 0 Å². The number of benzene rings is 2. The molecule has 0 aliphatic heterocycles. The molecule has 0 saturated heterocycles. The summed E-state index contributed by atoms with van der Waals surface area (Å²) in [6.45, 7) is 0.308. The van der Waals surface area contributed by atoms with Crippen molar-refractivity contribution >= 4 is 17.7 Å². The summed E-state index contributed by atoms with van der Waals surface area (Å²) in [6.07, 6.45) is 4.84. The highest BCUT2D eigenvalue weighted by molar-refractivity contribution is 6.09. The summed E-state index contributed by atoms with van der Waals surface area (Å²) in [5.41, 5.74) is 1.79. The Morgan fingerprint density at radius 3 is 2.64 bits per heavy atom. The number of carbonyl (C=O) groups is 1. The van der Waals surface area contributed by atoms with Gasteiger partial charge in [-0.15, -0.1) is 0 Å². The van der Waals surface area contributed by atoms with Crippen LogP contribution in [0.3, 0.4) is 0 Å². The van der Waals surface area contributed by atoms with E-state index < -0.39 is 11.7 Å². The normalized spacial score (nSPS) is 10.8. The van der Waals surface area contributed by atoms with Gasteiger partial charge in [0, 0.05) is 29.2 Å². The van der Waals surface area contributed by atoms with Crippen LogP contribution >= 0.6 is 0 Å². The van der Waals surface area contributed by atoms with E-state index in [2.05, 4.69) is 10.3 Å². The predicted molar refractivity (Wildman–Crippen MR) is 104 cm³/mol. The third kappa shape index (κ3) is 5.02. The van der Waals surface area contributed by atoms with Gasteiger partial charge < -0.3 is 10.1 Å². The zero-order valence-electron chi connectivity index (χ0n) is 14.8. The molecule has 1 amide bonds. The number of anilines is 1. The first-order valence-electron chi connectivity index (χ1n) is 8.45. The fourth-order valence-corrected chi connectivity index (χ4v) is 2.41. The quantitative estimate of drug-likeness (QED) is 0.515. The number of carbonyl (C=O) groups excluding carboxylic acids is 1. The largest absolute Gasteiger partial charge is 0.488 e. The number of rotatable bonds is 6. The van der Waals surface area contributed by atoms with Crippen LogP contribution in [0.2, 0.25) is 0 Å². The van der Waals surface area contributed by atoms with Crippen LogP contribution in [-0.2, 0) is 11.4 Å². The molecule has 0 fully saturated rings. The minimum absolute atomic E-state index is 0.0956. The first-order valence-corrected chi connectivity index (χ1v) is 8.45. The Bertz CT molecular complexity index is 1030. The fraction of sp³-hybridized carbons (Fsp3) is 0.0455. The molecule has 0 aliphatic carbocycles. The Labute approximate surface area is 161 Å². The zero-order valence-corrected chi connectivity index (χ0v) is 14.8. The highest BCUT2D eigenvalue weighted by Crippen LogP contribution is 2.22. The van der Waals surface area contributed by atoms with Gasteiger partial charge in [-0.05, 0) is 42.5 Å². The monoisotopic (exact) mass is 373 g/mol. The summed E-state index contributed by atoms with van der Waals surface area (Å²) in [7, 11) is 0. The van der Waals surface area contributed by atoms with Crippen LogP contribution in [-0.4, -0.2) is 10.9 Å². The van der Waals surface area contributed by atoms with Gasteiger partial charge in [-0.2, -0.15) is 5.26 Å². The third-order valence-corrected chi connectivity index (χ3v) is 3.80. The van der Waals surface area contributed by atoms with Crippen molar-refractivity contribution in [1.82, 2.24) is 4.98 Å². The van der Waals surface area contributed by atoms with E-state index in [4.69, 9.17) is 4.74 Å². The second-order valence-electron chi connectivity index (χ2n) is 5.82. The highest BCUT2D eigenvalue weighted by atomic mass is 19.1. The number of para-hydroxylation sites is 1. The van der Waals surface area contributed by atoms with Crippen molar-refractivity contribution in [2.75, 3.05) is 5.32 Å². The van der Waals surface area contributed by atoms with Crippen molar-refractivity contribution in [3.05, 3.63) is 95.6 Å². The van der Waals surface area contributed by atoms with Crippen LogP contribution in [0, 0.1) is 17.1 Å². The number of halogens is 1. The Hall–Kier alpha value is -3.98. The summed E-state index contributed by atoms with van der Waals surface area (Å²) < 4.78 is 18.8. The summed E-state index contributed by atoms with van der Waals surface area (Å²) in [4.78, 5) is 16.4. The average Bonchev–Trinajstić information content (AvgIpc) is 2.73. The maximum atomic E-state index is 13.0. The molecule has 0 bridgehead atoms. The van der Waals surface area contributed by atoms with Gasteiger partial charge in [0.25, 0.3) is 5.91 Å². The molecule has 3 rings (SSSR count). The van der Waals surface area contributed by atoms with E-state index in [-0.39, 0.29) is 5.57 Å². The lowest BCUT2D eigenvalue weighted by Crippen LogP contribution is -2.13. The molecule has 2 aromatic carbocycles. The molecular weight excluding hydrogens is 357 g/mol. The van der Waals surface area contributed by atoms with E-state index in [0.717, 1.165) is 5.56 Å². The van der Waals surface area contributed by atoms with Crippen molar-refractivity contribution in [2.45, 2.75) is 6.61 Å². The second-order valence-corrected chi connectivity index (χ2v) is 5.82. The number of hydrogen-bond donors (Lipinski definition) is 1. The number of amides is 1. The third-order valence-electron chi connectivity index (χ3n) is 3.80. The summed E-state index contributed by atoms with van der Waals surface area (Å²) >= 11 is 0. The molecule has 0 radical (unpaired) electrons. The van der Waals surface area contributed by atoms with Crippen molar-refractivity contribution in [3.8, 4) is 11.8 Å². The van der Waals surface area contributed by atoms with Gasteiger partial charge in [0.05, 0.1) is 0 Å². The Morgan fingerprint density at radius 2 is 1.93 bits per heavy atom. The molecule has 1 aromatic heterocycles. The Kier molecular flexibility index (Phi) is 6.11.